The standard InChI is InChI=1S/C29H27FN2O9/c1-35-18-12-20(36-2)25-21(13-18)41-27(17-10-22(37-3)28(39-5)23(11-17)38-4)29(26(25)34)40-15-24(33)32-31-14-16-8-6-7-9-19(16)30/h6-14H,15H2,1-5H3,(H,32,33). The molecule has 1 aromatic heterocycles. The minimum absolute atomic E-state index is 0.0280. The molecule has 0 radical (unpaired) electrons. The normalized spacial score (nSPS) is 10.9. The van der Waals surface area contributed by atoms with Crippen LogP contribution in [0.4, 0.5) is 4.39 Å². The van der Waals surface area contributed by atoms with E-state index in [0.717, 1.165) is 6.21 Å². The molecule has 41 heavy (non-hydrogen) atoms. The molecule has 0 fully saturated rings. The monoisotopic (exact) mass is 566 g/mol. The highest BCUT2D eigenvalue weighted by atomic mass is 19.1. The molecule has 1 amide bonds. The highest BCUT2D eigenvalue weighted by Crippen LogP contribution is 2.44. The SMILES string of the molecule is COc1cc(OC)c2c(=O)c(OCC(=O)NN=Cc3ccccc3F)c(-c3cc(OC)c(OC)c(OC)c3)oc2c1. The molecule has 3 aromatic carbocycles. The number of nitrogens with one attached hydrogen (secondary N) is 1. The molecule has 0 aliphatic rings. The molecule has 1 heterocycles. The first kappa shape index (κ1) is 28.7. The molecule has 0 bridgehead atoms. The summed E-state index contributed by atoms with van der Waals surface area (Å²) in [6, 6.07) is 12.1. The molecule has 0 aliphatic heterocycles. The predicted octanol–water partition coefficient (Wildman–Crippen LogP) is 4.17. The van der Waals surface area contributed by atoms with Gasteiger partial charge in [0.05, 0.1) is 41.8 Å². The molecule has 0 unspecified atom stereocenters. The van der Waals surface area contributed by atoms with Gasteiger partial charge in [0.2, 0.25) is 16.9 Å². The first-order valence-electron chi connectivity index (χ1n) is 12.1. The number of fused-ring (bicyclic) bond motifs is 1. The summed E-state index contributed by atoms with van der Waals surface area (Å²) in [5, 5.41) is 3.82. The summed E-state index contributed by atoms with van der Waals surface area (Å²) in [6.45, 7) is -0.624. The second-order valence-corrected chi connectivity index (χ2v) is 8.31. The zero-order valence-corrected chi connectivity index (χ0v) is 22.9. The molecule has 0 saturated carbocycles. The first-order chi connectivity index (χ1) is 19.8. The number of rotatable bonds is 11. The van der Waals surface area contributed by atoms with Crippen molar-refractivity contribution >= 4 is 23.1 Å². The van der Waals surface area contributed by atoms with E-state index in [1.807, 2.05) is 0 Å². The fourth-order valence-corrected chi connectivity index (χ4v) is 3.98. The van der Waals surface area contributed by atoms with Gasteiger partial charge in [-0.05, 0) is 18.2 Å². The van der Waals surface area contributed by atoms with E-state index in [1.165, 1.54) is 65.9 Å². The van der Waals surface area contributed by atoms with E-state index in [-0.39, 0.29) is 33.8 Å². The summed E-state index contributed by atoms with van der Waals surface area (Å²) < 4.78 is 52.7. The van der Waals surface area contributed by atoms with Crippen LogP contribution in [0.15, 0.2) is 62.8 Å². The van der Waals surface area contributed by atoms with Crippen molar-refractivity contribution in [2.45, 2.75) is 0 Å². The fraction of sp³-hybridized carbons (Fsp3) is 0.207. The van der Waals surface area contributed by atoms with Crippen LogP contribution in [0.25, 0.3) is 22.3 Å². The Labute approximate surface area is 234 Å². The second kappa shape index (κ2) is 12.7. The van der Waals surface area contributed by atoms with Crippen LogP contribution < -0.4 is 39.3 Å². The topological polar surface area (TPSA) is 127 Å². The molecule has 4 rings (SSSR count). The van der Waals surface area contributed by atoms with Crippen molar-refractivity contribution in [3.8, 4) is 45.8 Å². The molecule has 0 saturated heterocycles. The number of hydrazone groups is 1. The number of ether oxygens (including phenoxy) is 6. The van der Waals surface area contributed by atoms with Gasteiger partial charge in [-0.15, -0.1) is 0 Å². The Morgan fingerprint density at radius 3 is 2.20 bits per heavy atom. The third kappa shape index (κ3) is 6.01. The van der Waals surface area contributed by atoms with E-state index in [1.54, 1.807) is 18.2 Å². The Morgan fingerprint density at radius 2 is 1.59 bits per heavy atom. The number of nitrogens with zero attached hydrogens (tertiary/aromatic N) is 1. The summed E-state index contributed by atoms with van der Waals surface area (Å²) in [5.74, 6) is -0.0749. The largest absolute Gasteiger partial charge is 0.496 e. The lowest BCUT2D eigenvalue weighted by molar-refractivity contribution is -0.123. The zero-order valence-electron chi connectivity index (χ0n) is 22.9. The number of benzene rings is 3. The van der Waals surface area contributed by atoms with Crippen LogP contribution in [-0.4, -0.2) is 54.3 Å². The molecule has 214 valence electrons. The summed E-state index contributed by atoms with van der Waals surface area (Å²) in [7, 11) is 7.19. The van der Waals surface area contributed by atoms with Crippen molar-refractivity contribution in [3.63, 3.8) is 0 Å². The number of hydrogen-bond acceptors (Lipinski definition) is 10. The quantitative estimate of drug-likeness (QED) is 0.210. The van der Waals surface area contributed by atoms with Gasteiger partial charge in [0, 0.05) is 23.3 Å². The van der Waals surface area contributed by atoms with E-state index in [9.17, 15) is 14.0 Å². The number of hydrogen-bond donors (Lipinski definition) is 1. The summed E-state index contributed by atoms with van der Waals surface area (Å²) in [4.78, 5) is 26.3. The van der Waals surface area contributed by atoms with Gasteiger partial charge in [0.1, 0.15) is 28.3 Å². The van der Waals surface area contributed by atoms with Crippen molar-refractivity contribution in [3.05, 3.63) is 70.1 Å². The summed E-state index contributed by atoms with van der Waals surface area (Å²) in [6.07, 6.45) is 1.15. The fourth-order valence-electron chi connectivity index (χ4n) is 3.98. The molecule has 0 aliphatic carbocycles. The summed E-state index contributed by atoms with van der Waals surface area (Å²) in [5.41, 5.74) is 2.27. The third-order valence-corrected chi connectivity index (χ3v) is 5.92. The van der Waals surface area contributed by atoms with Crippen LogP contribution >= 0.6 is 0 Å². The van der Waals surface area contributed by atoms with Gasteiger partial charge < -0.3 is 32.8 Å². The van der Waals surface area contributed by atoms with Crippen molar-refractivity contribution in [1.29, 1.82) is 0 Å². The van der Waals surface area contributed by atoms with Gasteiger partial charge in [-0.1, -0.05) is 18.2 Å². The Hall–Kier alpha value is -5.26. The minimum atomic E-state index is -0.713. The molecule has 4 aromatic rings. The number of carbonyl (C=O) groups excluding carboxylic acids is 1. The Bertz CT molecular complexity index is 1640. The maximum absolute atomic E-state index is 13.8. The molecule has 11 nitrogen and oxygen atoms in total. The lowest BCUT2D eigenvalue weighted by Crippen LogP contribution is -2.26. The van der Waals surface area contributed by atoms with Crippen LogP contribution in [0.5, 0.6) is 34.5 Å². The average Bonchev–Trinajstić information content (AvgIpc) is 2.99. The van der Waals surface area contributed by atoms with Crippen LogP contribution in [0, 0.1) is 5.82 Å². The van der Waals surface area contributed by atoms with E-state index in [2.05, 4.69) is 10.5 Å². The highest BCUT2D eigenvalue weighted by molar-refractivity contribution is 5.89. The Morgan fingerprint density at radius 1 is 0.902 bits per heavy atom. The summed E-state index contributed by atoms with van der Waals surface area (Å²) >= 11 is 0. The highest BCUT2D eigenvalue weighted by Gasteiger charge is 2.24. The lowest BCUT2D eigenvalue weighted by atomic mass is 10.1. The Kier molecular flexibility index (Phi) is 8.92. The minimum Gasteiger partial charge on any atom is -0.496 e. The predicted molar refractivity (Wildman–Crippen MR) is 148 cm³/mol. The van der Waals surface area contributed by atoms with E-state index < -0.39 is 23.8 Å². The van der Waals surface area contributed by atoms with Crippen LogP contribution in [0.3, 0.4) is 0 Å². The molecule has 12 heteroatoms. The molecular formula is C29H27FN2O9. The van der Waals surface area contributed by atoms with Gasteiger partial charge >= 0.3 is 0 Å². The van der Waals surface area contributed by atoms with Gasteiger partial charge in [-0.2, -0.15) is 5.10 Å². The number of methoxy groups -OCH3 is 5. The van der Waals surface area contributed by atoms with Crippen molar-refractivity contribution in [2.24, 2.45) is 5.10 Å². The smallest absolute Gasteiger partial charge is 0.277 e. The molecule has 0 spiro atoms. The van der Waals surface area contributed by atoms with Crippen LogP contribution in [-0.2, 0) is 4.79 Å². The molecule has 0 atom stereocenters. The maximum Gasteiger partial charge on any atom is 0.277 e. The lowest BCUT2D eigenvalue weighted by Gasteiger charge is -2.16. The number of carbonyl (C=O) groups is 1. The number of amides is 1. The van der Waals surface area contributed by atoms with Gasteiger partial charge in [0.25, 0.3) is 5.91 Å². The Balaban J connectivity index is 1.78. The van der Waals surface area contributed by atoms with Crippen molar-refractivity contribution < 1.29 is 42.0 Å². The first-order valence-corrected chi connectivity index (χ1v) is 12.1. The van der Waals surface area contributed by atoms with E-state index in [4.69, 9.17) is 32.8 Å². The van der Waals surface area contributed by atoms with Crippen LogP contribution in [0.1, 0.15) is 5.56 Å². The second-order valence-electron chi connectivity index (χ2n) is 8.31. The maximum atomic E-state index is 13.8. The van der Waals surface area contributed by atoms with Gasteiger partial charge in [-0.25, -0.2) is 9.82 Å². The van der Waals surface area contributed by atoms with Crippen molar-refractivity contribution in [1.82, 2.24) is 5.43 Å². The molecule has 1 N–H and O–H groups in total. The zero-order chi connectivity index (χ0) is 29.5. The third-order valence-electron chi connectivity index (χ3n) is 5.92. The number of halogens is 1. The van der Waals surface area contributed by atoms with Gasteiger partial charge in [0.15, 0.2) is 23.9 Å². The molecular weight excluding hydrogens is 539 g/mol. The van der Waals surface area contributed by atoms with Crippen molar-refractivity contribution in [2.75, 3.05) is 42.2 Å². The van der Waals surface area contributed by atoms with E-state index >= 15 is 0 Å². The van der Waals surface area contributed by atoms with Gasteiger partial charge in [-0.3, -0.25) is 9.59 Å². The average molecular weight is 567 g/mol. The van der Waals surface area contributed by atoms with E-state index in [0.29, 0.717) is 28.6 Å². The van der Waals surface area contributed by atoms with Crippen LogP contribution in [0.2, 0.25) is 0 Å².